The van der Waals surface area contributed by atoms with Crippen LogP contribution < -0.4 is 20.3 Å². The Morgan fingerprint density at radius 3 is 2.34 bits per heavy atom. The van der Waals surface area contributed by atoms with Crippen molar-refractivity contribution in [2.75, 3.05) is 22.1 Å². The Balaban J connectivity index is 1.32. The summed E-state index contributed by atoms with van der Waals surface area (Å²) in [4.78, 5) is 15.1. The van der Waals surface area contributed by atoms with E-state index < -0.39 is 18.0 Å². The smallest absolute Gasteiger partial charge is 0.406 e. The van der Waals surface area contributed by atoms with E-state index in [9.17, 15) is 23.1 Å². The van der Waals surface area contributed by atoms with Gasteiger partial charge in [0.25, 0.3) is 0 Å². The quantitative estimate of drug-likeness (QED) is 0.339. The minimum atomic E-state index is -4.78. The molecule has 3 N–H and O–H groups in total. The normalized spacial score (nSPS) is 23.3. The number of carbonyl (C=O) groups excluding carboxylic acids is 1. The summed E-state index contributed by atoms with van der Waals surface area (Å²) in [6.07, 6.45) is -0.182. The van der Waals surface area contributed by atoms with Crippen molar-refractivity contribution in [1.82, 2.24) is 0 Å². The monoisotopic (exact) mass is 525 g/mol. The summed E-state index contributed by atoms with van der Waals surface area (Å²) in [6, 6.07) is 22.0. The zero-order valence-electron chi connectivity index (χ0n) is 20.7. The second-order valence-electron chi connectivity index (χ2n) is 9.86. The maximum atomic E-state index is 12.8. The second kappa shape index (κ2) is 10.6. The van der Waals surface area contributed by atoms with Crippen LogP contribution in [0.5, 0.6) is 5.75 Å². The van der Waals surface area contributed by atoms with Crippen LogP contribution in [0.25, 0.3) is 0 Å². The van der Waals surface area contributed by atoms with Gasteiger partial charge >= 0.3 is 12.4 Å². The zero-order chi connectivity index (χ0) is 26.8. The number of para-hydroxylation sites is 2. The third-order valence-corrected chi connectivity index (χ3v) is 7.56. The van der Waals surface area contributed by atoms with Gasteiger partial charge < -0.3 is 25.4 Å². The molecule has 1 heterocycles. The first kappa shape index (κ1) is 25.9. The zero-order valence-corrected chi connectivity index (χ0v) is 20.7. The number of urea groups is 1. The average molecular weight is 526 g/mol. The van der Waals surface area contributed by atoms with E-state index >= 15 is 0 Å². The number of nitrogens with zero attached hydrogens (tertiary/aromatic N) is 1. The third kappa shape index (κ3) is 5.57. The van der Waals surface area contributed by atoms with Crippen LogP contribution in [-0.4, -0.2) is 30.1 Å². The van der Waals surface area contributed by atoms with Crippen LogP contribution in [0, 0.1) is 5.92 Å². The van der Waals surface area contributed by atoms with Gasteiger partial charge in [-0.3, -0.25) is 0 Å². The van der Waals surface area contributed by atoms with Gasteiger partial charge in [0.2, 0.25) is 0 Å². The van der Waals surface area contributed by atoms with Gasteiger partial charge in [-0.05, 0) is 61.2 Å². The summed E-state index contributed by atoms with van der Waals surface area (Å²) in [5, 5.41) is 17.4. The Kier molecular flexibility index (Phi) is 7.21. The number of piperidine rings is 1. The molecule has 9 heteroatoms. The summed E-state index contributed by atoms with van der Waals surface area (Å²) < 4.78 is 41.1. The Labute approximate surface area is 219 Å². The minimum Gasteiger partial charge on any atom is -0.406 e. The number of nitrogens with one attached hydrogen (secondary N) is 2. The van der Waals surface area contributed by atoms with E-state index in [1.807, 2.05) is 54.6 Å². The van der Waals surface area contributed by atoms with E-state index in [0.717, 1.165) is 49.1 Å². The van der Waals surface area contributed by atoms with Crippen molar-refractivity contribution in [1.29, 1.82) is 0 Å². The van der Waals surface area contributed by atoms with Gasteiger partial charge in [-0.1, -0.05) is 55.3 Å². The molecule has 1 aliphatic heterocycles. The first-order valence-electron chi connectivity index (χ1n) is 12.8. The first-order chi connectivity index (χ1) is 18.2. The van der Waals surface area contributed by atoms with Crippen LogP contribution >= 0.6 is 0 Å². The Morgan fingerprint density at radius 2 is 1.61 bits per heavy atom. The second-order valence-corrected chi connectivity index (χ2v) is 9.86. The molecule has 2 aliphatic rings. The molecule has 3 atom stereocenters. The molecule has 38 heavy (non-hydrogen) atoms. The predicted octanol–water partition coefficient (Wildman–Crippen LogP) is 6.89. The lowest BCUT2D eigenvalue weighted by Gasteiger charge is -2.53. The van der Waals surface area contributed by atoms with Gasteiger partial charge in [0, 0.05) is 24.2 Å². The van der Waals surface area contributed by atoms with Crippen LogP contribution in [0.4, 0.5) is 35.0 Å². The summed E-state index contributed by atoms with van der Waals surface area (Å²) in [7, 11) is 0. The van der Waals surface area contributed by atoms with Crippen LogP contribution in [0.3, 0.4) is 0 Å². The summed E-state index contributed by atoms with van der Waals surface area (Å²) in [6.45, 7) is 0.632. The van der Waals surface area contributed by atoms with Gasteiger partial charge in [-0.25, -0.2) is 4.79 Å². The SMILES string of the molecule is O=C(Nc1ccc(OC(F)(F)F)cc1)Nc1ccccc1N1CCC(O)(c2ccccc2)C2CCCCC21. The van der Waals surface area contributed by atoms with Gasteiger partial charge in [0.05, 0.1) is 17.0 Å². The number of alkyl halides is 3. The number of carbonyl (C=O) groups is 1. The molecule has 3 unspecified atom stereocenters. The van der Waals surface area contributed by atoms with Crippen molar-refractivity contribution in [3.63, 3.8) is 0 Å². The van der Waals surface area contributed by atoms with E-state index in [0.29, 0.717) is 24.3 Å². The fourth-order valence-electron chi connectivity index (χ4n) is 5.92. The highest BCUT2D eigenvalue weighted by molar-refractivity contribution is 6.01. The average Bonchev–Trinajstić information content (AvgIpc) is 2.90. The lowest BCUT2D eigenvalue weighted by Crippen LogP contribution is -2.57. The molecule has 2 amide bonds. The maximum absolute atomic E-state index is 12.8. The largest absolute Gasteiger partial charge is 0.573 e. The number of rotatable bonds is 5. The molecule has 3 aromatic carbocycles. The molecule has 0 spiro atoms. The lowest BCUT2D eigenvalue weighted by molar-refractivity contribution is -0.274. The standard InChI is InChI=1S/C29H30F3N3O3/c30-29(31,32)38-22-16-14-21(15-17-22)33-27(36)34-24-11-5-7-13-26(24)35-19-18-28(37,20-8-2-1-3-9-20)23-10-4-6-12-25(23)35/h1-3,5,7-9,11,13-17,23,25,37H,4,6,10,12,18-19H2,(H2,33,34,36). The molecule has 0 bridgehead atoms. The van der Waals surface area contributed by atoms with E-state index in [2.05, 4.69) is 20.3 Å². The number of benzene rings is 3. The molecule has 0 radical (unpaired) electrons. The van der Waals surface area contributed by atoms with Crippen molar-refractivity contribution in [3.05, 3.63) is 84.4 Å². The third-order valence-electron chi connectivity index (χ3n) is 7.56. The highest BCUT2D eigenvalue weighted by Gasteiger charge is 2.49. The number of hydrogen-bond donors (Lipinski definition) is 3. The minimum absolute atomic E-state index is 0.0618. The molecule has 2 fully saturated rings. The van der Waals surface area contributed by atoms with E-state index in [-0.39, 0.29) is 17.7 Å². The van der Waals surface area contributed by atoms with E-state index in [1.165, 1.54) is 12.1 Å². The first-order valence-corrected chi connectivity index (χ1v) is 12.8. The summed E-state index contributed by atoms with van der Waals surface area (Å²) >= 11 is 0. The fraction of sp³-hybridized carbons (Fsp3) is 0.345. The number of aliphatic hydroxyl groups is 1. The molecule has 1 saturated heterocycles. The molecule has 200 valence electrons. The molecular formula is C29H30F3N3O3. The summed E-state index contributed by atoms with van der Waals surface area (Å²) in [5.41, 5.74) is 1.88. The van der Waals surface area contributed by atoms with Crippen LogP contribution in [0.2, 0.25) is 0 Å². The molecular weight excluding hydrogens is 495 g/mol. The van der Waals surface area contributed by atoms with Crippen molar-refractivity contribution >= 4 is 23.1 Å². The Bertz CT molecular complexity index is 1250. The van der Waals surface area contributed by atoms with E-state index in [4.69, 9.17) is 0 Å². The number of fused-ring (bicyclic) bond motifs is 1. The van der Waals surface area contributed by atoms with Crippen molar-refractivity contribution in [2.45, 2.75) is 50.1 Å². The van der Waals surface area contributed by atoms with Gasteiger partial charge in [0.15, 0.2) is 0 Å². The topological polar surface area (TPSA) is 73.8 Å². The van der Waals surface area contributed by atoms with Crippen LogP contribution in [0.1, 0.15) is 37.7 Å². The number of anilines is 3. The van der Waals surface area contributed by atoms with Gasteiger partial charge in [-0.2, -0.15) is 0 Å². The van der Waals surface area contributed by atoms with Crippen molar-refractivity contribution < 1.29 is 27.8 Å². The molecule has 3 aromatic rings. The highest BCUT2D eigenvalue weighted by Crippen LogP contribution is 2.49. The number of hydrogen-bond acceptors (Lipinski definition) is 4. The molecule has 1 aliphatic carbocycles. The Morgan fingerprint density at radius 1 is 0.921 bits per heavy atom. The van der Waals surface area contributed by atoms with Crippen molar-refractivity contribution in [2.24, 2.45) is 5.92 Å². The number of amides is 2. The van der Waals surface area contributed by atoms with Gasteiger partial charge in [0.1, 0.15) is 5.75 Å². The molecule has 0 aromatic heterocycles. The van der Waals surface area contributed by atoms with Crippen LogP contribution in [0.15, 0.2) is 78.9 Å². The number of halogens is 3. The molecule has 5 rings (SSSR count). The summed E-state index contributed by atoms with van der Waals surface area (Å²) in [5.74, 6) is -0.303. The van der Waals surface area contributed by atoms with Crippen LogP contribution in [-0.2, 0) is 5.60 Å². The molecule has 6 nitrogen and oxygen atoms in total. The van der Waals surface area contributed by atoms with Gasteiger partial charge in [-0.15, -0.1) is 13.2 Å². The van der Waals surface area contributed by atoms with Crippen molar-refractivity contribution in [3.8, 4) is 5.75 Å². The Hall–Kier alpha value is -3.72. The lowest BCUT2D eigenvalue weighted by atomic mass is 9.66. The highest BCUT2D eigenvalue weighted by atomic mass is 19.4. The molecule has 1 saturated carbocycles. The predicted molar refractivity (Wildman–Crippen MR) is 140 cm³/mol. The maximum Gasteiger partial charge on any atom is 0.573 e. The fourth-order valence-corrected chi connectivity index (χ4v) is 5.92. The number of ether oxygens (including phenoxy) is 1. The van der Waals surface area contributed by atoms with E-state index in [1.54, 1.807) is 0 Å².